The van der Waals surface area contributed by atoms with Crippen LogP contribution in [0.15, 0.2) is 0 Å². The minimum absolute atomic E-state index is 0.215. The summed E-state index contributed by atoms with van der Waals surface area (Å²) in [5.74, 6) is -1.23. The molecule has 0 radical (unpaired) electrons. The molecule has 6 heteroatoms. The van der Waals surface area contributed by atoms with Crippen molar-refractivity contribution >= 4 is 11.9 Å². The normalized spacial score (nSPS) is 18.3. The lowest BCUT2D eigenvalue weighted by Gasteiger charge is -2.33. The number of amides is 1. The number of likely N-dealkylation sites (N-methyl/N-ethyl adjacent to an activating group) is 1. The Morgan fingerprint density at radius 1 is 1.19 bits per heavy atom. The Labute approximate surface area is 95.2 Å². The quantitative estimate of drug-likeness (QED) is 0.621. The number of nitrogens with one attached hydrogen (secondary N) is 1. The zero-order valence-corrected chi connectivity index (χ0v) is 9.61. The molecule has 1 saturated heterocycles. The van der Waals surface area contributed by atoms with E-state index in [0.29, 0.717) is 6.54 Å². The molecule has 1 amide bonds. The maximum atomic E-state index is 11.3. The molecule has 0 atom stereocenters. The molecule has 1 rings (SSSR count). The molecule has 6 nitrogen and oxygen atoms in total. The summed E-state index contributed by atoms with van der Waals surface area (Å²) in [5.41, 5.74) is 0. The fourth-order valence-electron chi connectivity index (χ4n) is 1.70. The van der Waals surface area contributed by atoms with Gasteiger partial charge >= 0.3 is 5.97 Å². The molecule has 0 unspecified atom stereocenters. The summed E-state index contributed by atoms with van der Waals surface area (Å²) >= 11 is 0. The Morgan fingerprint density at radius 3 is 2.25 bits per heavy atom. The fourth-order valence-corrected chi connectivity index (χ4v) is 1.70. The number of rotatable bonds is 5. The van der Waals surface area contributed by atoms with Crippen LogP contribution in [0.1, 0.15) is 6.92 Å². The van der Waals surface area contributed by atoms with Crippen molar-refractivity contribution in [2.75, 3.05) is 45.8 Å². The van der Waals surface area contributed by atoms with Crippen LogP contribution in [0.25, 0.3) is 0 Å². The minimum atomic E-state index is -1.01. The third-order valence-electron chi connectivity index (χ3n) is 2.72. The zero-order chi connectivity index (χ0) is 12.0. The second-order valence-corrected chi connectivity index (χ2v) is 3.88. The molecule has 0 bridgehead atoms. The summed E-state index contributed by atoms with van der Waals surface area (Å²) < 4.78 is 0. The van der Waals surface area contributed by atoms with Gasteiger partial charge in [0.15, 0.2) is 0 Å². The van der Waals surface area contributed by atoms with Crippen molar-refractivity contribution in [3.05, 3.63) is 0 Å². The van der Waals surface area contributed by atoms with Gasteiger partial charge in [0.05, 0.1) is 6.54 Å². The number of carbonyl (C=O) groups excluding carboxylic acids is 1. The molecular weight excluding hydrogens is 210 g/mol. The van der Waals surface area contributed by atoms with E-state index >= 15 is 0 Å². The van der Waals surface area contributed by atoms with Crippen LogP contribution in [-0.2, 0) is 9.59 Å². The second-order valence-electron chi connectivity index (χ2n) is 3.88. The first-order chi connectivity index (χ1) is 7.61. The van der Waals surface area contributed by atoms with Crippen LogP contribution < -0.4 is 5.32 Å². The molecule has 1 aliphatic rings. The molecule has 0 aromatic carbocycles. The van der Waals surface area contributed by atoms with E-state index in [9.17, 15) is 9.59 Å². The number of hydrogen-bond donors (Lipinski definition) is 2. The third-order valence-corrected chi connectivity index (χ3v) is 2.72. The van der Waals surface area contributed by atoms with Gasteiger partial charge in [-0.2, -0.15) is 0 Å². The van der Waals surface area contributed by atoms with Crippen LogP contribution in [0.3, 0.4) is 0 Å². The molecule has 0 saturated carbocycles. The molecular formula is C10H19N3O3. The average Bonchev–Trinajstić information content (AvgIpc) is 2.27. The van der Waals surface area contributed by atoms with Crippen LogP contribution in [0.5, 0.6) is 0 Å². The van der Waals surface area contributed by atoms with Gasteiger partial charge in [0, 0.05) is 26.2 Å². The second kappa shape index (κ2) is 6.44. The highest BCUT2D eigenvalue weighted by molar-refractivity contribution is 5.82. The molecule has 1 heterocycles. The highest BCUT2D eigenvalue weighted by Crippen LogP contribution is 2.00. The van der Waals surface area contributed by atoms with Gasteiger partial charge < -0.3 is 15.3 Å². The largest absolute Gasteiger partial charge is 0.480 e. The molecule has 16 heavy (non-hydrogen) atoms. The number of aliphatic carboxylic acids is 1. The number of carboxylic acids is 1. The molecule has 0 aromatic heterocycles. The van der Waals surface area contributed by atoms with Crippen LogP contribution >= 0.6 is 0 Å². The molecule has 1 fully saturated rings. The van der Waals surface area contributed by atoms with Gasteiger partial charge in [-0.15, -0.1) is 0 Å². The molecule has 2 N–H and O–H groups in total. The van der Waals surface area contributed by atoms with Gasteiger partial charge in [-0.3, -0.25) is 14.5 Å². The summed E-state index contributed by atoms with van der Waals surface area (Å²) in [5, 5.41) is 10.8. The standard InChI is InChI=1S/C10H19N3O3/c1-2-12-3-5-13(6-4-12)8-9(14)11-7-10(15)16/h2-8H2,1H3,(H,11,14)(H,15,16). The molecule has 1 aliphatic heterocycles. The zero-order valence-electron chi connectivity index (χ0n) is 9.61. The van der Waals surface area contributed by atoms with E-state index in [1.807, 2.05) is 4.90 Å². The van der Waals surface area contributed by atoms with E-state index in [4.69, 9.17) is 5.11 Å². The van der Waals surface area contributed by atoms with Crippen LogP contribution in [0.4, 0.5) is 0 Å². The SMILES string of the molecule is CCN1CCN(CC(=O)NCC(=O)O)CC1. The Hall–Kier alpha value is -1.14. The monoisotopic (exact) mass is 229 g/mol. The van der Waals surface area contributed by atoms with Gasteiger partial charge in [0.2, 0.25) is 5.91 Å². The van der Waals surface area contributed by atoms with Crippen molar-refractivity contribution in [3.63, 3.8) is 0 Å². The highest BCUT2D eigenvalue weighted by Gasteiger charge is 2.17. The number of carbonyl (C=O) groups is 2. The smallest absolute Gasteiger partial charge is 0.322 e. The van der Waals surface area contributed by atoms with Gasteiger partial charge in [-0.1, -0.05) is 6.92 Å². The van der Waals surface area contributed by atoms with Crippen molar-refractivity contribution < 1.29 is 14.7 Å². The predicted octanol–water partition coefficient (Wildman–Crippen LogP) is -1.18. The molecule has 0 spiro atoms. The van der Waals surface area contributed by atoms with E-state index in [1.165, 1.54) is 0 Å². The van der Waals surface area contributed by atoms with E-state index in [2.05, 4.69) is 17.1 Å². The average molecular weight is 229 g/mol. The third kappa shape index (κ3) is 4.59. The van der Waals surface area contributed by atoms with E-state index < -0.39 is 5.97 Å². The summed E-state index contributed by atoms with van der Waals surface area (Å²) in [6.07, 6.45) is 0. The predicted molar refractivity (Wildman–Crippen MR) is 59.2 cm³/mol. The van der Waals surface area contributed by atoms with Crippen LogP contribution in [0.2, 0.25) is 0 Å². The lowest BCUT2D eigenvalue weighted by atomic mass is 10.3. The number of carboxylic acid groups (broad SMARTS) is 1. The van der Waals surface area contributed by atoms with E-state index in [1.54, 1.807) is 0 Å². The Morgan fingerprint density at radius 2 is 1.75 bits per heavy atom. The topological polar surface area (TPSA) is 72.9 Å². The number of hydrogen-bond acceptors (Lipinski definition) is 4. The first-order valence-corrected chi connectivity index (χ1v) is 5.55. The Balaban J connectivity index is 2.18. The highest BCUT2D eigenvalue weighted by atomic mass is 16.4. The molecule has 0 aliphatic carbocycles. The van der Waals surface area contributed by atoms with Crippen molar-refractivity contribution in [1.29, 1.82) is 0 Å². The Kier molecular flexibility index (Phi) is 5.21. The summed E-state index contributed by atoms with van der Waals surface area (Å²) in [6, 6.07) is 0. The maximum absolute atomic E-state index is 11.3. The van der Waals surface area contributed by atoms with Gasteiger partial charge in [-0.25, -0.2) is 0 Å². The number of nitrogens with zero attached hydrogens (tertiary/aromatic N) is 2. The first kappa shape index (κ1) is 12.9. The summed E-state index contributed by atoms with van der Waals surface area (Å²) in [4.78, 5) is 25.9. The molecule has 0 aromatic rings. The van der Waals surface area contributed by atoms with Crippen LogP contribution in [0, 0.1) is 0 Å². The lowest BCUT2D eigenvalue weighted by molar-refractivity contribution is -0.138. The number of piperazine rings is 1. The van der Waals surface area contributed by atoms with E-state index in [-0.39, 0.29) is 12.5 Å². The van der Waals surface area contributed by atoms with Crippen molar-refractivity contribution in [2.45, 2.75) is 6.92 Å². The summed E-state index contributed by atoms with van der Waals surface area (Å²) in [6.45, 7) is 6.85. The van der Waals surface area contributed by atoms with Crippen LogP contribution in [-0.4, -0.2) is 72.6 Å². The van der Waals surface area contributed by atoms with Crippen molar-refractivity contribution in [2.24, 2.45) is 0 Å². The van der Waals surface area contributed by atoms with E-state index in [0.717, 1.165) is 32.7 Å². The molecule has 92 valence electrons. The van der Waals surface area contributed by atoms with Gasteiger partial charge in [-0.05, 0) is 6.54 Å². The van der Waals surface area contributed by atoms with Gasteiger partial charge in [0.1, 0.15) is 6.54 Å². The summed E-state index contributed by atoms with van der Waals surface area (Å²) in [7, 11) is 0. The van der Waals surface area contributed by atoms with Crippen molar-refractivity contribution in [1.82, 2.24) is 15.1 Å². The minimum Gasteiger partial charge on any atom is -0.480 e. The van der Waals surface area contributed by atoms with Gasteiger partial charge in [0.25, 0.3) is 0 Å². The van der Waals surface area contributed by atoms with Crippen molar-refractivity contribution in [3.8, 4) is 0 Å². The fraction of sp³-hybridized carbons (Fsp3) is 0.800. The lowest BCUT2D eigenvalue weighted by Crippen LogP contribution is -2.49. The Bertz CT molecular complexity index is 250. The maximum Gasteiger partial charge on any atom is 0.322 e. The first-order valence-electron chi connectivity index (χ1n) is 5.55.